The van der Waals surface area contributed by atoms with Crippen LogP contribution in [0.5, 0.6) is 5.75 Å². The van der Waals surface area contributed by atoms with E-state index in [4.69, 9.17) is 15.2 Å². The lowest BCUT2D eigenvalue weighted by molar-refractivity contribution is -0.140. The fraction of sp³-hybridized carbons (Fsp3) is 0.455. The molecule has 7 nitrogen and oxygen atoms in total. The number of hydrogen-bond acceptors (Lipinski definition) is 5. The zero-order chi connectivity index (χ0) is 22.9. The van der Waals surface area contributed by atoms with Crippen LogP contribution in [0.4, 0.5) is 13.2 Å². The van der Waals surface area contributed by atoms with Crippen molar-refractivity contribution in [1.29, 1.82) is 0 Å². The molecule has 1 aliphatic carbocycles. The number of ether oxygens (including phenoxy) is 2. The Hall–Kier alpha value is -2.85. The average Bonchev–Trinajstić information content (AvgIpc) is 3.56. The second-order valence-corrected chi connectivity index (χ2v) is 8.19. The maximum Gasteiger partial charge on any atom is 0.431 e. The van der Waals surface area contributed by atoms with Crippen molar-refractivity contribution in [3.05, 3.63) is 51.9 Å². The third kappa shape index (κ3) is 5.31. The van der Waals surface area contributed by atoms with E-state index in [2.05, 4.69) is 4.90 Å². The Morgan fingerprint density at radius 2 is 1.97 bits per heavy atom. The van der Waals surface area contributed by atoms with Gasteiger partial charge in [0.1, 0.15) is 29.7 Å². The summed E-state index contributed by atoms with van der Waals surface area (Å²) in [7, 11) is 0. The summed E-state index contributed by atoms with van der Waals surface area (Å²) in [6.07, 6.45) is -2.31. The summed E-state index contributed by atoms with van der Waals surface area (Å²) in [6.45, 7) is 3.77. The number of rotatable bonds is 7. The number of aromatic nitrogens is 1. The van der Waals surface area contributed by atoms with Gasteiger partial charge >= 0.3 is 6.18 Å². The molecule has 1 atom stereocenters. The van der Waals surface area contributed by atoms with E-state index in [1.807, 2.05) is 0 Å². The zero-order valence-electron chi connectivity index (χ0n) is 17.3. The van der Waals surface area contributed by atoms with Gasteiger partial charge in [-0.05, 0) is 42.5 Å². The van der Waals surface area contributed by atoms with Crippen molar-refractivity contribution in [3.8, 4) is 16.9 Å². The predicted octanol–water partition coefficient (Wildman–Crippen LogP) is 2.65. The summed E-state index contributed by atoms with van der Waals surface area (Å²) in [5.41, 5.74) is 1.97. The van der Waals surface area contributed by atoms with E-state index in [1.165, 1.54) is 37.1 Å². The molecule has 2 fully saturated rings. The van der Waals surface area contributed by atoms with Crippen molar-refractivity contribution in [2.45, 2.75) is 25.1 Å². The molecule has 1 aliphatic heterocycles. The quantitative estimate of drug-likeness (QED) is 0.675. The van der Waals surface area contributed by atoms with Crippen LogP contribution in [-0.4, -0.2) is 54.7 Å². The van der Waals surface area contributed by atoms with Crippen molar-refractivity contribution >= 4 is 5.91 Å². The largest absolute Gasteiger partial charge is 0.491 e. The predicted molar refractivity (Wildman–Crippen MR) is 110 cm³/mol. The highest BCUT2D eigenvalue weighted by Crippen LogP contribution is 2.36. The fourth-order valence-corrected chi connectivity index (χ4v) is 3.80. The third-order valence-electron chi connectivity index (χ3n) is 5.63. The summed E-state index contributed by atoms with van der Waals surface area (Å²) in [5.74, 6) is 0.168. The number of carbonyl (C=O) groups excluding carboxylic acids is 1. The van der Waals surface area contributed by atoms with Gasteiger partial charge in [0.05, 0.1) is 6.61 Å². The number of amides is 1. The number of nitrogens with one attached hydrogen (secondary N) is 1. The van der Waals surface area contributed by atoms with Gasteiger partial charge in [-0.15, -0.1) is 0 Å². The minimum Gasteiger partial charge on any atom is -0.491 e. The molecular weight excluding hydrogens is 427 g/mol. The van der Waals surface area contributed by atoms with Crippen LogP contribution >= 0.6 is 0 Å². The highest BCUT2D eigenvalue weighted by atomic mass is 19.4. The number of pyridine rings is 1. The average molecular weight is 451 g/mol. The van der Waals surface area contributed by atoms with Gasteiger partial charge in [-0.25, -0.2) is 0 Å². The molecule has 2 aromatic rings. The zero-order valence-corrected chi connectivity index (χ0v) is 17.3. The lowest BCUT2D eigenvalue weighted by Gasteiger charge is -2.32. The van der Waals surface area contributed by atoms with Crippen molar-refractivity contribution in [3.63, 3.8) is 0 Å². The van der Waals surface area contributed by atoms with Crippen LogP contribution in [0.15, 0.2) is 35.1 Å². The first kappa shape index (κ1) is 22.3. The second-order valence-electron chi connectivity index (χ2n) is 8.19. The Bertz CT molecular complexity index is 1030. The molecule has 1 unspecified atom stereocenters. The molecule has 1 aromatic carbocycles. The van der Waals surface area contributed by atoms with E-state index in [1.54, 1.807) is 4.98 Å². The molecule has 0 radical (unpaired) electrons. The maximum atomic E-state index is 13.4. The van der Waals surface area contributed by atoms with Gasteiger partial charge in [0.25, 0.3) is 11.5 Å². The van der Waals surface area contributed by atoms with Crippen LogP contribution in [0.25, 0.3) is 11.1 Å². The van der Waals surface area contributed by atoms with Gasteiger partial charge in [-0.3, -0.25) is 14.5 Å². The van der Waals surface area contributed by atoms with Gasteiger partial charge < -0.3 is 20.2 Å². The smallest absolute Gasteiger partial charge is 0.431 e. The van der Waals surface area contributed by atoms with Crippen molar-refractivity contribution in [1.82, 2.24) is 9.88 Å². The minimum absolute atomic E-state index is 0.0728. The number of H-pyrrole nitrogens is 1. The Balaban J connectivity index is 1.47. The topological polar surface area (TPSA) is 97.7 Å². The maximum absolute atomic E-state index is 13.4. The number of primary amides is 1. The molecular formula is C22H24F3N3O4. The normalized spacial score (nSPS) is 19.7. The van der Waals surface area contributed by atoms with Gasteiger partial charge in [0.2, 0.25) is 0 Å². The number of carbonyl (C=O) groups is 1. The minimum atomic E-state index is -4.81. The number of nitrogens with zero attached hydrogens (tertiary/aromatic N) is 1. The lowest BCUT2D eigenvalue weighted by atomic mass is 10.0. The van der Waals surface area contributed by atoms with E-state index >= 15 is 0 Å². The van der Waals surface area contributed by atoms with Gasteiger partial charge in [-0.1, -0.05) is 12.1 Å². The summed E-state index contributed by atoms with van der Waals surface area (Å²) < 4.78 is 51.8. The van der Waals surface area contributed by atoms with E-state index in [0.717, 1.165) is 31.6 Å². The number of aromatic amines is 1. The molecule has 1 amide bonds. The number of nitrogens with two attached hydrogens (primary N) is 1. The van der Waals surface area contributed by atoms with Crippen LogP contribution in [0.2, 0.25) is 0 Å². The summed E-state index contributed by atoms with van der Waals surface area (Å²) in [5, 5.41) is 0. The Kier molecular flexibility index (Phi) is 6.25. The number of benzene rings is 1. The first-order valence-corrected chi connectivity index (χ1v) is 10.4. The SMILES string of the molecule is NC(=O)c1cc(-c2ccc(OCC3CN(CC4CC4)CCO3)cc2)c(C(F)(F)F)[nH]c1=O. The lowest BCUT2D eigenvalue weighted by Crippen LogP contribution is -2.45. The Morgan fingerprint density at radius 1 is 1.25 bits per heavy atom. The molecule has 2 heterocycles. The van der Waals surface area contributed by atoms with Crippen LogP contribution < -0.4 is 16.0 Å². The molecule has 0 spiro atoms. The molecule has 3 N–H and O–H groups in total. The number of morpholine rings is 1. The standard InChI is InChI=1S/C22H24F3N3O4/c23-22(24,25)19-17(9-18(20(26)29)21(30)27-19)14-3-5-15(6-4-14)32-12-16-11-28(7-8-31-16)10-13-1-2-13/h3-6,9,13,16H,1-2,7-8,10-12H2,(H2,26,29)(H,27,30). The van der Waals surface area contributed by atoms with Gasteiger partial charge in [0, 0.05) is 25.2 Å². The van der Waals surface area contributed by atoms with Crippen LogP contribution in [0.3, 0.4) is 0 Å². The Morgan fingerprint density at radius 3 is 2.59 bits per heavy atom. The summed E-state index contributed by atoms with van der Waals surface area (Å²) in [6, 6.07) is 6.81. The molecule has 172 valence electrons. The number of halogens is 3. The van der Waals surface area contributed by atoms with Crippen LogP contribution in [0, 0.1) is 5.92 Å². The monoisotopic (exact) mass is 451 g/mol. The van der Waals surface area contributed by atoms with Crippen LogP contribution in [-0.2, 0) is 10.9 Å². The van der Waals surface area contributed by atoms with Gasteiger partial charge in [0.15, 0.2) is 0 Å². The fourth-order valence-electron chi connectivity index (χ4n) is 3.80. The molecule has 2 aliphatic rings. The Labute approximate surface area is 182 Å². The molecule has 10 heteroatoms. The highest BCUT2D eigenvalue weighted by Gasteiger charge is 2.36. The summed E-state index contributed by atoms with van der Waals surface area (Å²) >= 11 is 0. The number of hydrogen-bond donors (Lipinski definition) is 2. The molecule has 1 saturated heterocycles. The highest BCUT2D eigenvalue weighted by molar-refractivity contribution is 5.94. The van der Waals surface area contributed by atoms with Gasteiger partial charge in [-0.2, -0.15) is 13.2 Å². The van der Waals surface area contributed by atoms with E-state index in [-0.39, 0.29) is 17.2 Å². The van der Waals surface area contributed by atoms with E-state index < -0.39 is 28.9 Å². The first-order chi connectivity index (χ1) is 15.2. The van der Waals surface area contributed by atoms with Crippen molar-refractivity contribution in [2.24, 2.45) is 11.7 Å². The van der Waals surface area contributed by atoms with E-state index in [9.17, 15) is 22.8 Å². The molecule has 4 rings (SSSR count). The second kappa shape index (κ2) is 8.95. The third-order valence-corrected chi connectivity index (χ3v) is 5.63. The first-order valence-electron chi connectivity index (χ1n) is 10.4. The molecule has 1 aromatic heterocycles. The van der Waals surface area contributed by atoms with Crippen LogP contribution in [0.1, 0.15) is 28.9 Å². The van der Waals surface area contributed by atoms with E-state index in [0.29, 0.717) is 19.0 Å². The molecule has 0 bridgehead atoms. The van der Waals surface area contributed by atoms with Crippen molar-refractivity contribution < 1.29 is 27.4 Å². The van der Waals surface area contributed by atoms with Crippen molar-refractivity contribution in [2.75, 3.05) is 32.8 Å². The molecule has 32 heavy (non-hydrogen) atoms. The number of alkyl halides is 3. The molecule has 1 saturated carbocycles. The summed E-state index contributed by atoms with van der Waals surface area (Å²) in [4.78, 5) is 27.3.